The summed E-state index contributed by atoms with van der Waals surface area (Å²) in [6.45, 7) is 9.19. The van der Waals surface area contributed by atoms with E-state index in [9.17, 15) is 4.79 Å². The van der Waals surface area contributed by atoms with Crippen molar-refractivity contribution < 1.29 is 4.79 Å². The Hall–Kier alpha value is -0.730. The number of likely N-dealkylation sites (tertiary alicyclic amines) is 1. The van der Waals surface area contributed by atoms with Gasteiger partial charge >= 0.3 is 6.03 Å². The van der Waals surface area contributed by atoms with E-state index >= 15 is 0 Å². The van der Waals surface area contributed by atoms with E-state index in [0.717, 1.165) is 38.4 Å². The lowest BCUT2D eigenvalue weighted by Gasteiger charge is -2.35. The van der Waals surface area contributed by atoms with Crippen LogP contribution in [0.25, 0.3) is 0 Å². The number of hydrogen-bond donors (Lipinski definition) is 1. The molecule has 1 fully saturated rings. The van der Waals surface area contributed by atoms with Gasteiger partial charge in [-0.1, -0.05) is 20.8 Å². The molecule has 2 amide bonds. The van der Waals surface area contributed by atoms with Crippen molar-refractivity contribution in [3.63, 3.8) is 0 Å². The fourth-order valence-electron chi connectivity index (χ4n) is 1.79. The molecule has 0 bridgehead atoms. The largest absolute Gasteiger partial charge is 0.338 e. The quantitative estimate of drug-likeness (QED) is 0.724. The minimum Gasteiger partial charge on any atom is -0.338 e. The van der Waals surface area contributed by atoms with E-state index in [4.69, 9.17) is 0 Å². The third-order valence-corrected chi connectivity index (χ3v) is 3.15. The predicted octanol–water partition coefficient (Wildman–Crippen LogP) is 2.08. The van der Waals surface area contributed by atoms with E-state index in [2.05, 4.69) is 26.1 Å². The zero-order valence-electron chi connectivity index (χ0n) is 9.55. The summed E-state index contributed by atoms with van der Waals surface area (Å²) < 4.78 is 0. The zero-order valence-corrected chi connectivity index (χ0v) is 9.55. The van der Waals surface area contributed by atoms with E-state index in [1.165, 1.54) is 0 Å². The summed E-state index contributed by atoms with van der Waals surface area (Å²) in [7, 11) is 0. The molecule has 1 saturated heterocycles. The molecule has 3 heteroatoms. The molecule has 0 saturated carbocycles. The van der Waals surface area contributed by atoms with Crippen LogP contribution in [0.3, 0.4) is 0 Å². The van der Waals surface area contributed by atoms with Gasteiger partial charge in [0.25, 0.3) is 0 Å². The van der Waals surface area contributed by atoms with Gasteiger partial charge in [-0.25, -0.2) is 4.79 Å². The van der Waals surface area contributed by atoms with Crippen LogP contribution in [-0.4, -0.2) is 30.6 Å². The molecule has 1 aliphatic rings. The molecule has 0 aromatic carbocycles. The highest BCUT2D eigenvalue weighted by molar-refractivity contribution is 5.74. The summed E-state index contributed by atoms with van der Waals surface area (Å²) in [6, 6.07) is 0.116. The van der Waals surface area contributed by atoms with Crippen molar-refractivity contribution in [2.24, 2.45) is 11.8 Å². The summed E-state index contributed by atoms with van der Waals surface area (Å²) in [5.41, 5.74) is 0. The molecule has 0 radical (unpaired) electrons. The standard InChI is InChI=1S/C11H22N2O/c1-4-6-12-11(14)13-7-5-9(2)10(3)8-13/h9-10H,4-8H2,1-3H3,(H,12,14). The van der Waals surface area contributed by atoms with Crippen molar-refractivity contribution in [1.29, 1.82) is 0 Å². The Kier molecular flexibility index (Phi) is 4.23. The average molecular weight is 198 g/mol. The number of piperidine rings is 1. The fourth-order valence-corrected chi connectivity index (χ4v) is 1.79. The monoisotopic (exact) mass is 198 g/mol. The molecule has 0 spiro atoms. The Morgan fingerprint density at radius 3 is 2.71 bits per heavy atom. The molecule has 14 heavy (non-hydrogen) atoms. The van der Waals surface area contributed by atoms with Gasteiger partial charge in [0.1, 0.15) is 0 Å². The first-order valence-corrected chi connectivity index (χ1v) is 5.68. The zero-order chi connectivity index (χ0) is 10.6. The summed E-state index contributed by atoms with van der Waals surface area (Å²) in [5, 5.41) is 2.92. The van der Waals surface area contributed by atoms with Gasteiger partial charge in [0.15, 0.2) is 0 Å². The van der Waals surface area contributed by atoms with Gasteiger partial charge in [-0.05, 0) is 24.7 Å². The minimum atomic E-state index is 0.116. The van der Waals surface area contributed by atoms with Crippen LogP contribution in [0.15, 0.2) is 0 Å². The molecule has 1 heterocycles. The second-order valence-corrected chi connectivity index (χ2v) is 4.42. The first kappa shape index (κ1) is 11.3. The molecular formula is C11H22N2O. The van der Waals surface area contributed by atoms with Gasteiger partial charge in [0.2, 0.25) is 0 Å². The molecule has 0 aromatic rings. The second kappa shape index (κ2) is 5.23. The predicted molar refractivity (Wildman–Crippen MR) is 58.2 cm³/mol. The third-order valence-electron chi connectivity index (χ3n) is 3.15. The molecule has 82 valence electrons. The number of urea groups is 1. The highest BCUT2D eigenvalue weighted by Gasteiger charge is 2.25. The van der Waals surface area contributed by atoms with E-state index < -0.39 is 0 Å². The van der Waals surface area contributed by atoms with Crippen LogP contribution >= 0.6 is 0 Å². The lowest BCUT2D eigenvalue weighted by molar-refractivity contribution is 0.144. The number of carbonyl (C=O) groups is 1. The molecule has 1 N–H and O–H groups in total. The molecule has 1 aliphatic heterocycles. The highest BCUT2D eigenvalue weighted by atomic mass is 16.2. The van der Waals surface area contributed by atoms with Crippen LogP contribution < -0.4 is 5.32 Å². The van der Waals surface area contributed by atoms with Gasteiger partial charge in [-0.2, -0.15) is 0 Å². The van der Waals surface area contributed by atoms with Crippen molar-refractivity contribution in [3.8, 4) is 0 Å². The molecule has 2 atom stereocenters. The van der Waals surface area contributed by atoms with E-state index in [0.29, 0.717) is 5.92 Å². The second-order valence-electron chi connectivity index (χ2n) is 4.42. The summed E-state index contributed by atoms with van der Waals surface area (Å²) >= 11 is 0. The first-order chi connectivity index (χ1) is 6.65. The van der Waals surface area contributed by atoms with Gasteiger partial charge in [-0.3, -0.25) is 0 Å². The molecular weight excluding hydrogens is 176 g/mol. The maximum Gasteiger partial charge on any atom is 0.317 e. The number of nitrogens with one attached hydrogen (secondary N) is 1. The van der Waals surface area contributed by atoms with Gasteiger partial charge in [-0.15, -0.1) is 0 Å². The molecule has 0 aromatic heterocycles. The van der Waals surface area contributed by atoms with Crippen molar-refractivity contribution in [1.82, 2.24) is 10.2 Å². The Morgan fingerprint density at radius 1 is 1.43 bits per heavy atom. The van der Waals surface area contributed by atoms with Crippen molar-refractivity contribution >= 4 is 6.03 Å². The van der Waals surface area contributed by atoms with Gasteiger partial charge in [0.05, 0.1) is 0 Å². The Bertz CT molecular complexity index is 194. The normalized spacial score (nSPS) is 27.5. The highest BCUT2D eigenvalue weighted by Crippen LogP contribution is 2.22. The van der Waals surface area contributed by atoms with E-state index in [-0.39, 0.29) is 6.03 Å². The topological polar surface area (TPSA) is 32.3 Å². The molecule has 0 aliphatic carbocycles. The summed E-state index contributed by atoms with van der Waals surface area (Å²) in [5.74, 6) is 1.39. The number of carbonyl (C=O) groups excluding carboxylic acids is 1. The Balaban J connectivity index is 2.34. The summed E-state index contributed by atoms with van der Waals surface area (Å²) in [6.07, 6.45) is 2.15. The Morgan fingerprint density at radius 2 is 2.14 bits per heavy atom. The van der Waals surface area contributed by atoms with Crippen molar-refractivity contribution in [2.75, 3.05) is 19.6 Å². The van der Waals surface area contributed by atoms with Crippen LogP contribution in [0.2, 0.25) is 0 Å². The van der Waals surface area contributed by atoms with Crippen LogP contribution in [0.4, 0.5) is 4.79 Å². The maximum atomic E-state index is 11.6. The van der Waals surface area contributed by atoms with Crippen molar-refractivity contribution in [2.45, 2.75) is 33.6 Å². The number of hydrogen-bond acceptors (Lipinski definition) is 1. The van der Waals surface area contributed by atoms with Crippen molar-refractivity contribution in [3.05, 3.63) is 0 Å². The molecule has 1 rings (SSSR count). The van der Waals surface area contributed by atoms with E-state index in [1.807, 2.05) is 4.90 Å². The number of rotatable bonds is 2. The lowest BCUT2D eigenvalue weighted by Crippen LogP contribution is -2.47. The van der Waals surface area contributed by atoms with Crippen LogP contribution in [0, 0.1) is 11.8 Å². The fraction of sp³-hybridized carbons (Fsp3) is 0.909. The lowest BCUT2D eigenvalue weighted by atomic mass is 9.89. The smallest absolute Gasteiger partial charge is 0.317 e. The molecule has 3 nitrogen and oxygen atoms in total. The first-order valence-electron chi connectivity index (χ1n) is 5.68. The van der Waals surface area contributed by atoms with Crippen LogP contribution in [0.5, 0.6) is 0 Å². The minimum absolute atomic E-state index is 0.116. The van der Waals surface area contributed by atoms with Gasteiger partial charge < -0.3 is 10.2 Å². The third kappa shape index (κ3) is 2.89. The SMILES string of the molecule is CCCNC(=O)N1CCC(C)C(C)C1. The Labute approximate surface area is 86.9 Å². The number of nitrogens with zero attached hydrogens (tertiary/aromatic N) is 1. The maximum absolute atomic E-state index is 11.6. The van der Waals surface area contributed by atoms with Crippen LogP contribution in [-0.2, 0) is 0 Å². The van der Waals surface area contributed by atoms with Crippen LogP contribution in [0.1, 0.15) is 33.6 Å². The number of amides is 2. The average Bonchev–Trinajstić information content (AvgIpc) is 2.18. The molecule has 2 unspecified atom stereocenters. The summed E-state index contributed by atoms with van der Waals surface area (Å²) in [4.78, 5) is 13.6. The van der Waals surface area contributed by atoms with Gasteiger partial charge in [0, 0.05) is 19.6 Å². The van der Waals surface area contributed by atoms with E-state index in [1.54, 1.807) is 0 Å².